The van der Waals surface area contributed by atoms with Gasteiger partial charge in [-0.05, 0) is 48.2 Å². The first-order valence-corrected chi connectivity index (χ1v) is 6.87. The average molecular weight is 273 g/mol. The third-order valence-corrected chi connectivity index (χ3v) is 3.21. The van der Waals surface area contributed by atoms with Gasteiger partial charge in [-0.3, -0.25) is 0 Å². The maximum Gasteiger partial charge on any atom is 0.166 e. The van der Waals surface area contributed by atoms with Crippen molar-refractivity contribution in [3.05, 3.63) is 59.4 Å². The van der Waals surface area contributed by atoms with Crippen molar-refractivity contribution in [1.82, 2.24) is 0 Å². The van der Waals surface area contributed by atoms with E-state index in [1.807, 2.05) is 30.3 Å². The zero-order chi connectivity index (χ0) is 14.5. The molecule has 0 spiro atoms. The Kier molecular flexibility index (Phi) is 4.74. The third-order valence-electron chi connectivity index (χ3n) is 3.21. The van der Waals surface area contributed by atoms with Gasteiger partial charge < -0.3 is 10.5 Å². The lowest BCUT2D eigenvalue weighted by molar-refractivity contribution is 0.435. The molecular formula is C17H20FNO. The van der Waals surface area contributed by atoms with Crippen molar-refractivity contribution in [3.8, 4) is 11.5 Å². The van der Waals surface area contributed by atoms with Crippen LogP contribution in [0.15, 0.2) is 42.5 Å². The number of benzene rings is 2. The van der Waals surface area contributed by atoms with Gasteiger partial charge in [-0.25, -0.2) is 4.39 Å². The number of nitrogens with two attached hydrogens (primary N) is 1. The maximum atomic E-state index is 14.0. The van der Waals surface area contributed by atoms with Gasteiger partial charge in [0.05, 0.1) is 0 Å². The fourth-order valence-corrected chi connectivity index (χ4v) is 2.08. The Morgan fingerprint density at radius 3 is 2.60 bits per heavy atom. The molecule has 3 heteroatoms. The second kappa shape index (κ2) is 6.53. The number of para-hydroxylation sites is 1. The van der Waals surface area contributed by atoms with Gasteiger partial charge in [0.25, 0.3) is 0 Å². The first kappa shape index (κ1) is 14.5. The van der Waals surface area contributed by atoms with Crippen LogP contribution in [0.25, 0.3) is 0 Å². The van der Waals surface area contributed by atoms with Gasteiger partial charge in [0.1, 0.15) is 5.75 Å². The topological polar surface area (TPSA) is 35.2 Å². The Hall–Kier alpha value is -1.87. The highest BCUT2D eigenvalue weighted by atomic mass is 19.1. The minimum Gasteiger partial charge on any atom is -0.454 e. The van der Waals surface area contributed by atoms with Crippen LogP contribution in [0.3, 0.4) is 0 Å². The lowest BCUT2D eigenvalue weighted by atomic mass is 10.0. The zero-order valence-electron chi connectivity index (χ0n) is 11.9. The summed E-state index contributed by atoms with van der Waals surface area (Å²) >= 11 is 0. The summed E-state index contributed by atoms with van der Waals surface area (Å²) in [6.07, 6.45) is 0.594. The molecule has 2 aromatic carbocycles. The number of hydrogen-bond donors (Lipinski definition) is 1. The first-order valence-electron chi connectivity index (χ1n) is 6.87. The van der Waals surface area contributed by atoms with Crippen LogP contribution in [0, 0.1) is 5.82 Å². The van der Waals surface area contributed by atoms with Gasteiger partial charge >= 0.3 is 0 Å². The molecule has 0 aliphatic carbocycles. The molecule has 0 atom stereocenters. The van der Waals surface area contributed by atoms with Gasteiger partial charge in [-0.2, -0.15) is 0 Å². The third kappa shape index (κ3) is 3.36. The molecule has 2 aromatic rings. The van der Waals surface area contributed by atoms with E-state index in [2.05, 4.69) is 13.8 Å². The standard InChI is InChI=1S/C17H20FNO/c1-12(2)14-6-3-7-15(11-14)20-17-13(9-10-19)5-4-8-16(17)18/h3-8,11-12H,9-10,19H2,1-2H3. The van der Waals surface area contributed by atoms with Crippen molar-refractivity contribution in [2.75, 3.05) is 6.54 Å². The van der Waals surface area contributed by atoms with Crippen LogP contribution in [0.5, 0.6) is 11.5 Å². The molecule has 0 amide bonds. The number of ether oxygens (including phenoxy) is 1. The number of hydrogen-bond acceptors (Lipinski definition) is 2. The summed E-state index contributed by atoms with van der Waals surface area (Å²) in [4.78, 5) is 0. The average Bonchev–Trinajstić information content (AvgIpc) is 2.43. The summed E-state index contributed by atoms with van der Waals surface area (Å²) in [5.74, 6) is 0.979. The van der Waals surface area contributed by atoms with Gasteiger partial charge in [0, 0.05) is 0 Å². The summed E-state index contributed by atoms with van der Waals surface area (Å²) in [6, 6.07) is 12.7. The van der Waals surface area contributed by atoms with Crippen LogP contribution in [0.4, 0.5) is 4.39 Å². The highest BCUT2D eigenvalue weighted by Gasteiger charge is 2.11. The van der Waals surface area contributed by atoms with Crippen molar-refractivity contribution in [2.24, 2.45) is 5.73 Å². The molecule has 20 heavy (non-hydrogen) atoms. The minimum atomic E-state index is -0.356. The molecule has 0 aliphatic rings. The van der Waals surface area contributed by atoms with Crippen molar-refractivity contribution >= 4 is 0 Å². The Bertz CT molecular complexity index is 581. The molecule has 0 saturated carbocycles. The van der Waals surface area contributed by atoms with Crippen molar-refractivity contribution < 1.29 is 9.13 Å². The lowest BCUT2D eigenvalue weighted by Crippen LogP contribution is -2.05. The Morgan fingerprint density at radius 1 is 1.15 bits per heavy atom. The molecule has 2 rings (SSSR count). The van der Waals surface area contributed by atoms with E-state index in [-0.39, 0.29) is 11.6 Å². The van der Waals surface area contributed by atoms with Crippen LogP contribution in [0.1, 0.15) is 30.9 Å². The Balaban J connectivity index is 2.32. The zero-order valence-corrected chi connectivity index (χ0v) is 11.9. The molecule has 0 aliphatic heterocycles. The van der Waals surface area contributed by atoms with E-state index in [0.29, 0.717) is 24.6 Å². The van der Waals surface area contributed by atoms with E-state index in [0.717, 1.165) is 5.56 Å². The van der Waals surface area contributed by atoms with Gasteiger partial charge in [-0.15, -0.1) is 0 Å². The summed E-state index contributed by atoms with van der Waals surface area (Å²) in [5, 5.41) is 0. The second-order valence-corrected chi connectivity index (χ2v) is 5.10. The van der Waals surface area contributed by atoms with E-state index in [1.165, 1.54) is 11.6 Å². The lowest BCUT2D eigenvalue weighted by Gasteiger charge is -2.13. The summed E-state index contributed by atoms with van der Waals surface area (Å²) < 4.78 is 19.7. The molecular weight excluding hydrogens is 253 g/mol. The molecule has 2 nitrogen and oxygen atoms in total. The van der Waals surface area contributed by atoms with E-state index < -0.39 is 0 Å². The molecule has 0 fully saturated rings. The van der Waals surface area contributed by atoms with Crippen molar-refractivity contribution in [3.63, 3.8) is 0 Å². The fourth-order valence-electron chi connectivity index (χ4n) is 2.08. The quantitative estimate of drug-likeness (QED) is 0.884. The highest BCUT2D eigenvalue weighted by molar-refractivity contribution is 5.40. The van der Waals surface area contributed by atoms with Crippen LogP contribution in [-0.4, -0.2) is 6.54 Å². The Labute approximate surface area is 119 Å². The number of rotatable bonds is 5. The first-order chi connectivity index (χ1) is 9.61. The monoisotopic (exact) mass is 273 g/mol. The molecule has 0 heterocycles. The molecule has 0 aromatic heterocycles. The van der Waals surface area contributed by atoms with E-state index in [4.69, 9.17) is 10.5 Å². The second-order valence-electron chi connectivity index (χ2n) is 5.10. The molecule has 106 valence electrons. The smallest absolute Gasteiger partial charge is 0.166 e. The minimum absolute atomic E-state index is 0.277. The van der Waals surface area contributed by atoms with E-state index in [1.54, 1.807) is 6.07 Å². The molecule has 0 saturated heterocycles. The summed E-state index contributed by atoms with van der Waals surface area (Å²) in [5.41, 5.74) is 7.52. The molecule has 0 unspecified atom stereocenters. The van der Waals surface area contributed by atoms with Crippen molar-refractivity contribution in [1.29, 1.82) is 0 Å². The van der Waals surface area contributed by atoms with E-state index >= 15 is 0 Å². The SMILES string of the molecule is CC(C)c1cccc(Oc2c(F)cccc2CCN)c1. The summed E-state index contributed by atoms with van der Waals surface area (Å²) in [7, 11) is 0. The van der Waals surface area contributed by atoms with Gasteiger partial charge in [-0.1, -0.05) is 38.1 Å². The van der Waals surface area contributed by atoms with E-state index in [9.17, 15) is 4.39 Å². The van der Waals surface area contributed by atoms with Gasteiger partial charge in [0.15, 0.2) is 11.6 Å². The largest absolute Gasteiger partial charge is 0.454 e. The van der Waals surface area contributed by atoms with Crippen LogP contribution in [0.2, 0.25) is 0 Å². The van der Waals surface area contributed by atoms with Crippen LogP contribution in [-0.2, 0) is 6.42 Å². The molecule has 2 N–H and O–H groups in total. The fraction of sp³-hybridized carbons (Fsp3) is 0.294. The Morgan fingerprint density at radius 2 is 1.90 bits per heavy atom. The van der Waals surface area contributed by atoms with Crippen LogP contribution >= 0.6 is 0 Å². The van der Waals surface area contributed by atoms with Crippen LogP contribution < -0.4 is 10.5 Å². The van der Waals surface area contributed by atoms with Crippen molar-refractivity contribution in [2.45, 2.75) is 26.2 Å². The predicted molar refractivity (Wildman–Crippen MR) is 79.8 cm³/mol. The molecule has 0 radical (unpaired) electrons. The summed E-state index contributed by atoms with van der Waals surface area (Å²) in [6.45, 7) is 4.69. The maximum absolute atomic E-state index is 14.0. The highest BCUT2D eigenvalue weighted by Crippen LogP contribution is 2.30. The number of halogens is 1. The molecule has 0 bridgehead atoms. The predicted octanol–water partition coefficient (Wildman–Crippen LogP) is 4.24. The van der Waals surface area contributed by atoms with Gasteiger partial charge in [0.2, 0.25) is 0 Å². The normalized spacial score (nSPS) is 10.8.